The van der Waals surface area contributed by atoms with Crippen molar-refractivity contribution in [2.24, 2.45) is 0 Å². The fourth-order valence-electron chi connectivity index (χ4n) is 2.40. The minimum absolute atomic E-state index is 0.0585. The minimum Gasteiger partial charge on any atom is -0.507 e. The maximum absolute atomic E-state index is 13.0. The number of rotatable bonds is 3. The molecule has 0 radical (unpaired) electrons. The highest BCUT2D eigenvalue weighted by atomic mass is 19.4. The summed E-state index contributed by atoms with van der Waals surface area (Å²) in [4.78, 5) is 21.6. The van der Waals surface area contributed by atoms with E-state index < -0.39 is 35.5 Å². The molecule has 0 bridgehead atoms. The van der Waals surface area contributed by atoms with Gasteiger partial charge in [0.25, 0.3) is 0 Å². The Hall–Kier alpha value is -3.43. The van der Waals surface area contributed by atoms with Crippen molar-refractivity contribution >= 4 is 18.3 Å². The zero-order valence-corrected chi connectivity index (χ0v) is 15.4. The number of aromatic hydroxyl groups is 1. The normalized spacial score (nSPS) is 15.0. The monoisotopic (exact) mass is 430 g/mol. The average molecular weight is 430 g/mol. The standard InChI is InChI=1S/C13H10F4O3.C7H5FO2/c1-2-19-12(18)9-5-7-3-4-8(14)6-10(7)20-11(9)13(15,16)17;8-6-2-1-5(4-9)7(10)3-6/h3-6,11H,2H2,1H3;1-4,10H. The first-order valence-corrected chi connectivity index (χ1v) is 8.42. The Kier molecular flexibility index (Phi) is 7.14. The van der Waals surface area contributed by atoms with Gasteiger partial charge < -0.3 is 14.6 Å². The van der Waals surface area contributed by atoms with Crippen molar-refractivity contribution in [1.82, 2.24) is 0 Å². The predicted octanol–water partition coefficient (Wildman–Crippen LogP) is 4.44. The molecule has 5 nitrogen and oxygen atoms in total. The van der Waals surface area contributed by atoms with Gasteiger partial charge in [0, 0.05) is 17.7 Å². The highest BCUT2D eigenvalue weighted by Crippen LogP contribution is 2.37. The Morgan fingerprint density at radius 3 is 2.37 bits per heavy atom. The molecular weight excluding hydrogens is 415 g/mol. The van der Waals surface area contributed by atoms with E-state index in [4.69, 9.17) is 9.84 Å². The van der Waals surface area contributed by atoms with Crippen LogP contribution in [0.25, 0.3) is 6.08 Å². The SMILES string of the molecule is CCOC(=O)C1=Cc2ccc(F)cc2OC1C(F)(F)F.O=Cc1ccc(F)cc1O. The Balaban J connectivity index is 0.000000269. The number of benzene rings is 2. The zero-order chi connectivity index (χ0) is 22.5. The van der Waals surface area contributed by atoms with Crippen LogP contribution in [0.4, 0.5) is 22.0 Å². The van der Waals surface area contributed by atoms with E-state index in [2.05, 4.69) is 4.74 Å². The number of alkyl halides is 3. The van der Waals surface area contributed by atoms with Crippen LogP contribution >= 0.6 is 0 Å². The first-order valence-electron chi connectivity index (χ1n) is 8.42. The molecule has 1 heterocycles. The topological polar surface area (TPSA) is 72.8 Å². The number of phenolic OH excluding ortho intramolecular Hbond substituents is 1. The van der Waals surface area contributed by atoms with Crippen molar-refractivity contribution < 1.29 is 46.1 Å². The molecule has 1 N–H and O–H groups in total. The summed E-state index contributed by atoms with van der Waals surface area (Å²) < 4.78 is 73.3. The average Bonchev–Trinajstić information content (AvgIpc) is 2.67. The smallest absolute Gasteiger partial charge is 0.430 e. The molecule has 0 spiro atoms. The molecule has 1 unspecified atom stereocenters. The van der Waals surface area contributed by atoms with Gasteiger partial charge in [-0.05, 0) is 37.3 Å². The van der Waals surface area contributed by atoms with E-state index in [0.717, 1.165) is 30.3 Å². The van der Waals surface area contributed by atoms with Crippen LogP contribution in [0.5, 0.6) is 11.5 Å². The van der Waals surface area contributed by atoms with Gasteiger partial charge in [-0.25, -0.2) is 13.6 Å². The molecule has 30 heavy (non-hydrogen) atoms. The lowest BCUT2D eigenvalue weighted by Gasteiger charge is -2.27. The van der Waals surface area contributed by atoms with E-state index in [1.165, 1.54) is 19.1 Å². The maximum Gasteiger partial charge on any atom is 0.430 e. The molecule has 0 amide bonds. The van der Waals surface area contributed by atoms with Gasteiger partial charge >= 0.3 is 12.1 Å². The summed E-state index contributed by atoms with van der Waals surface area (Å²) in [6.45, 7) is 1.42. The highest BCUT2D eigenvalue weighted by Gasteiger charge is 2.48. The molecule has 160 valence electrons. The highest BCUT2D eigenvalue weighted by molar-refractivity contribution is 5.96. The van der Waals surface area contributed by atoms with Gasteiger partial charge in [0.1, 0.15) is 23.1 Å². The van der Waals surface area contributed by atoms with Crippen molar-refractivity contribution in [3.05, 3.63) is 64.7 Å². The van der Waals surface area contributed by atoms with Crippen LogP contribution in [0, 0.1) is 11.6 Å². The molecule has 2 aromatic carbocycles. The summed E-state index contributed by atoms with van der Waals surface area (Å²) in [5.41, 5.74) is -0.366. The van der Waals surface area contributed by atoms with Crippen molar-refractivity contribution in [1.29, 1.82) is 0 Å². The van der Waals surface area contributed by atoms with Gasteiger partial charge in [-0.2, -0.15) is 13.2 Å². The number of hydrogen-bond donors (Lipinski definition) is 1. The third kappa shape index (κ3) is 5.56. The number of hydrogen-bond acceptors (Lipinski definition) is 5. The summed E-state index contributed by atoms with van der Waals surface area (Å²) in [6.07, 6.45) is -5.79. The lowest BCUT2D eigenvalue weighted by atomic mass is 10.0. The van der Waals surface area contributed by atoms with E-state index in [1.54, 1.807) is 0 Å². The van der Waals surface area contributed by atoms with Crippen molar-refractivity contribution in [3.63, 3.8) is 0 Å². The van der Waals surface area contributed by atoms with Gasteiger partial charge in [-0.15, -0.1) is 0 Å². The second kappa shape index (κ2) is 9.38. The molecular formula is C20H15F5O5. The Morgan fingerprint density at radius 2 is 1.80 bits per heavy atom. The Bertz CT molecular complexity index is 969. The van der Waals surface area contributed by atoms with E-state index in [0.29, 0.717) is 6.29 Å². The number of ether oxygens (including phenoxy) is 2. The summed E-state index contributed by atoms with van der Waals surface area (Å²) in [5.74, 6) is -2.97. The number of aldehydes is 1. The third-order valence-corrected chi connectivity index (χ3v) is 3.74. The number of carbonyl (C=O) groups is 2. The molecule has 2 aromatic rings. The number of phenols is 1. The molecule has 1 aliphatic rings. The zero-order valence-electron chi connectivity index (χ0n) is 15.4. The van der Waals surface area contributed by atoms with Gasteiger partial charge in [0.05, 0.1) is 17.7 Å². The van der Waals surface area contributed by atoms with E-state index in [9.17, 15) is 31.5 Å². The Morgan fingerprint density at radius 1 is 1.17 bits per heavy atom. The predicted molar refractivity (Wildman–Crippen MR) is 94.9 cm³/mol. The molecule has 3 rings (SSSR count). The summed E-state index contributed by atoms with van der Waals surface area (Å²) >= 11 is 0. The molecule has 10 heteroatoms. The van der Waals surface area contributed by atoms with E-state index in [1.807, 2.05) is 0 Å². The molecule has 0 saturated carbocycles. The molecule has 0 aliphatic carbocycles. The van der Waals surface area contributed by atoms with E-state index in [-0.39, 0.29) is 29.2 Å². The maximum atomic E-state index is 13.0. The first-order chi connectivity index (χ1) is 14.1. The molecule has 0 fully saturated rings. The van der Waals surface area contributed by atoms with Crippen molar-refractivity contribution in [3.8, 4) is 11.5 Å². The van der Waals surface area contributed by atoms with Crippen LogP contribution < -0.4 is 4.74 Å². The molecule has 0 saturated heterocycles. The second-order valence-electron chi connectivity index (χ2n) is 5.86. The van der Waals surface area contributed by atoms with Gasteiger partial charge in [0.15, 0.2) is 6.29 Å². The van der Waals surface area contributed by atoms with Crippen LogP contribution in [0.2, 0.25) is 0 Å². The molecule has 0 aromatic heterocycles. The largest absolute Gasteiger partial charge is 0.507 e. The summed E-state index contributed by atoms with van der Waals surface area (Å²) in [6, 6.07) is 6.36. The lowest BCUT2D eigenvalue weighted by Crippen LogP contribution is -2.40. The minimum atomic E-state index is -4.80. The van der Waals surface area contributed by atoms with Crippen LogP contribution in [0.15, 0.2) is 42.0 Å². The second-order valence-corrected chi connectivity index (χ2v) is 5.86. The van der Waals surface area contributed by atoms with Crippen LogP contribution in [-0.2, 0) is 9.53 Å². The fourth-order valence-corrected chi connectivity index (χ4v) is 2.40. The van der Waals surface area contributed by atoms with Gasteiger partial charge in [-0.3, -0.25) is 4.79 Å². The van der Waals surface area contributed by atoms with E-state index >= 15 is 0 Å². The number of carbonyl (C=O) groups excluding carboxylic acids is 2. The number of esters is 1. The summed E-state index contributed by atoms with van der Waals surface area (Å²) in [7, 11) is 0. The fraction of sp³-hybridized carbons (Fsp3) is 0.200. The number of halogens is 5. The Labute approximate surface area is 167 Å². The van der Waals surface area contributed by atoms with Gasteiger partial charge in [0.2, 0.25) is 6.10 Å². The lowest BCUT2D eigenvalue weighted by molar-refractivity contribution is -0.187. The van der Waals surface area contributed by atoms with Crippen LogP contribution in [0.1, 0.15) is 22.8 Å². The van der Waals surface area contributed by atoms with Crippen molar-refractivity contribution in [2.45, 2.75) is 19.2 Å². The van der Waals surface area contributed by atoms with Crippen LogP contribution in [0.3, 0.4) is 0 Å². The third-order valence-electron chi connectivity index (χ3n) is 3.74. The van der Waals surface area contributed by atoms with Crippen LogP contribution in [-0.4, -0.2) is 36.2 Å². The quantitative estimate of drug-likeness (QED) is 0.443. The molecule has 1 atom stereocenters. The van der Waals surface area contributed by atoms with Crippen molar-refractivity contribution in [2.75, 3.05) is 6.61 Å². The number of fused-ring (bicyclic) bond motifs is 1. The first kappa shape index (κ1) is 22.9. The molecule has 1 aliphatic heterocycles. The summed E-state index contributed by atoms with van der Waals surface area (Å²) in [5, 5.41) is 8.82. The van der Waals surface area contributed by atoms with Gasteiger partial charge in [-0.1, -0.05) is 0 Å².